The molecule has 10 heteroatoms. The van der Waals surface area contributed by atoms with Crippen LogP contribution in [0.3, 0.4) is 0 Å². The van der Waals surface area contributed by atoms with Gasteiger partial charge in [-0.2, -0.15) is 18.2 Å². The molecule has 4 rings (SSSR count). The summed E-state index contributed by atoms with van der Waals surface area (Å²) in [5.41, 5.74) is 1.56. The third kappa shape index (κ3) is 3.75. The second kappa shape index (κ2) is 7.10. The van der Waals surface area contributed by atoms with E-state index in [1.165, 1.54) is 0 Å². The second-order valence-corrected chi connectivity index (χ2v) is 6.62. The zero-order valence-corrected chi connectivity index (χ0v) is 14.6. The van der Waals surface area contributed by atoms with E-state index in [1.54, 1.807) is 29.6 Å². The molecule has 146 valence electrons. The molecule has 1 aromatic carbocycles. The smallest absolute Gasteiger partial charge is 0.338 e. The van der Waals surface area contributed by atoms with E-state index in [9.17, 15) is 18.0 Å². The van der Waals surface area contributed by atoms with Crippen LogP contribution in [0.15, 0.2) is 47.5 Å². The second-order valence-electron chi connectivity index (χ2n) is 6.62. The molecule has 7 nitrogen and oxygen atoms in total. The van der Waals surface area contributed by atoms with E-state index >= 15 is 0 Å². The Balaban J connectivity index is 1.39. The molecule has 28 heavy (non-hydrogen) atoms. The summed E-state index contributed by atoms with van der Waals surface area (Å²) < 4.78 is 44.0. The average Bonchev–Trinajstić information content (AvgIpc) is 3.41. The molecule has 0 unspecified atom stereocenters. The predicted octanol–water partition coefficient (Wildman–Crippen LogP) is 2.96. The summed E-state index contributed by atoms with van der Waals surface area (Å²) in [5.74, 6) is -1.92. The molecule has 3 heterocycles. The van der Waals surface area contributed by atoms with Gasteiger partial charge in [0, 0.05) is 43.5 Å². The number of likely N-dealkylation sites (tertiary alicyclic amines) is 1. The molecule has 1 aliphatic rings. The van der Waals surface area contributed by atoms with Crippen LogP contribution in [0.2, 0.25) is 0 Å². The molecular weight excluding hydrogens is 375 g/mol. The lowest BCUT2D eigenvalue weighted by Crippen LogP contribution is -2.28. The van der Waals surface area contributed by atoms with Gasteiger partial charge in [0.25, 0.3) is 5.91 Å². The molecule has 0 spiro atoms. The largest absolute Gasteiger partial charge is 0.471 e. The number of imidazole rings is 1. The Morgan fingerprint density at radius 3 is 2.68 bits per heavy atom. The van der Waals surface area contributed by atoms with Crippen molar-refractivity contribution in [3.63, 3.8) is 0 Å². The summed E-state index contributed by atoms with van der Waals surface area (Å²) >= 11 is 0. The number of amides is 1. The molecule has 3 aromatic rings. The first kappa shape index (κ1) is 18.2. The molecule has 1 saturated heterocycles. The van der Waals surface area contributed by atoms with Gasteiger partial charge in [0.05, 0.1) is 6.33 Å². The number of hydrogen-bond donors (Lipinski definition) is 0. The minimum atomic E-state index is -4.67. The lowest BCUT2D eigenvalue weighted by molar-refractivity contribution is -0.159. The zero-order valence-electron chi connectivity index (χ0n) is 14.6. The molecule has 1 atom stereocenters. The van der Waals surface area contributed by atoms with Crippen LogP contribution >= 0.6 is 0 Å². The fourth-order valence-electron chi connectivity index (χ4n) is 3.20. The Labute approximate surface area is 157 Å². The maximum Gasteiger partial charge on any atom is 0.471 e. The third-order valence-corrected chi connectivity index (χ3v) is 4.65. The Hall–Kier alpha value is -3.17. The highest BCUT2D eigenvalue weighted by atomic mass is 19.4. The predicted molar refractivity (Wildman–Crippen MR) is 90.3 cm³/mol. The minimum Gasteiger partial charge on any atom is -0.338 e. The molecule has 0 aliphatic carbocycles. The molecule has 0 bridgehead atoms. The van der Waals surface area contributed by atoms with Gasteiger partial charge in [-0.1, -0.05) is 17.3 Å². The van der Waals surface area contributed by atoms with Crippen molar-refractivity contribution >= 4 is 5.91 Å². The summed E-state index contributed by atoms with van der Waals surface area (Å²) in [6, 6.07) is 7.24. The van der Waals surface area contributed by atoms with Crippen LogP contribution in [0, 0.1) is 0 Å². The molecule has 0 radical (unpaired) electrons. The van der Waals surface area contributed by atoms with E-state index in [1.807, 2.05) is 22.9 Å². The van der Waals surface area contributed by atoms with Gasteiger partial charge in [0.1, 0.15) is 0 Å². The number of alkyl halides is 3. The van der Waals surface area contributed by atoms with Crippen molar-refractivity contribution in [2.75, 3.05) is 13.1 Å². The van der Waals surface area contributed by atoms with E-state index in [4.69, 9.17) is 0 Å². The Bertz CT molecular complexity index is 951. The van der Waals surface area contributed by atoms with Gasteiger partial charge in [-0.15, -0.1) is 0 Å². The van der Waals surface area contributed by atoms with Gasteiger partial charge in [-0.05, 0) is 24.1 Å². The minimum absolute atomic E-state index is 0.0155. The first-order valence-electron chi connectivity index (χ1n) is 8.65. The highest BCUT2D eigenvalue weighted by Crippen LogP contribution is 2.31. The lowest BCUT2D eigenvalue weighted by Gasteiger charge is -2.16. The zero-order chi connectivity index (χ0) is 19.7. The quantitative estimate of drug-likeness (QED) is 0.683. The van der Waals surface area contributed by atoms with Crippen molar-refractivity contribution in [3.8, 4) is 0 Å². The monoisotopic (exact) mass is 391 g/mol. The van der Waals surface area contributed by atoms with Crippen molar-refractivity contribution in [1.29, 1.82) is 0 Å². The van der Waals surface area contributed by atoms with Crippen LogP contribution in [-0.4, -0.2) is 43.6 Å². The van der Waals surface area contributed by atoms with E-state index in [-0.39, 0.29) is 24.2 Å². The normalized spacial score (nSPS) is 17.2. The number of nitrogens with zero attached hydrogens (tertiary/aromatic N) is 5. The highest BCUT2D eigenvalue weighted by Gasteiger charge is 2.40. The van der Waals surface area contributed by atoms with E-state index in [2.05, 4.69) is 19.6 Å². The van der Waals surface area contributed by atoms with Crippen molar-refractivity contribution in [1.82, 2.24) is 24.6 Å². The van der Waals surface area contributed by atoms with Crippen LogP contribution in [0.1, 0.15) is 40.0 Å². The maximum absolute atomic E-state index is 12.7. The average molecular weight is 391 g/mol. The van der Waals surface area contributed by atoms with Gasteiger partial charge < -0.3 is 14.0 Å². The van der Waals surface area contributed by atoms with Crippen LogP contribution < -0.4 is 0 Å². The Morgan fingerprint density at radius 1 is 1.25 bits per heavy atom. The summed E-state index contributed by atoms with van der Waals surface area (Å²) in [5, 5.41) is 3.43. The standard InChI is InChI=1S/C18H16F3N5O2/c19-18(20,21)17-23-15(24-28-17)14-5-7-26(10-14)16(27)13-3-1-12(2-4-13)9-25-8-6-22-11-25/h1-4,6,8,11,14H,5,7,9-10H2/t14-/m1/s1. The summed E-state index contributed by atoms with van der Waals surface area (Å²) in [6.07, 6.45) is 1.08. The molecule has 1 amide bonds. The fraction of sp³-hybridized carbons (Fsp3) is 0.333. The van der Waals surface area contributed by atoms with Gasteiger partial charge >= 0.3 is 12.1 Å². The maximum atomic E-state index is 12.7. The molecule has 0 N–H and O–H groups in total. The van der Waals surface area contributed by atoms with E-state index < -0.39 is 12.1 Å². The lowest BCUT2D eigenvalue weighted by atomic mass is 10.1. The molecule has 0 saturated carbocycles. The first-order chi connectivity index (χ1) is 13.4. The van der Waals surface area contributed by atoms with Crippen molar-refractivity contribution in [3.05, 3.63) is 65.8 Å². The molecule has 2 aromatic heterocycles. The van der Waals surface area contributed by atoms with Crippen molar-refractivity contribution in [2.24, 2.45) is 0 Å². The SMILES string of the molecule is O=C(c1ccc(Cn2ccnc2)cc1)N1CC[C@@H](c2noc(C(F)(F)F)n2)C1. The van der Waals surface area contributed by atoms with Gasteiger partial charge in [-0.3, -0.25) is 4.79 Å². The van der Waals surface area contributed by atoms with Gasteiger partial charge in [0.15, 0.2) is 5.82 Å². The summed E-state index contributed by atoms with van der Waals surface area (Å²) in [7, 11) is 0. The number of benzene rings is 1. The third-order valence-electron chi connectivity index (χ3n) is 4.65. The van der Waals surface area contributed by atoms with Crippen molar-refractivity contribution < 1.29 is 22.5 Å². The summed E-state index contributed by atoms with van der Waals surface area (Å²) in [4.78, 5) is 21.7. The van der Waals surface area contributed by atoms with Crippen LogP contribution in [0.25, 0.3) is 0 Å². The molecule has 1 aliphatic heterocycles. The number of hydrogen-bond acceptors (Lipinski definition) is 5. The number of aromatic nitrogens is 4. The molecule has 1 fully saturated rings. The number of halogens is 3. The molecular formula is C18H16F3N5O2. The number of rotatable bonds is 4. The Kier molecular flexibility index (Phi) is 4.62. The number of carbonyl (C=O) groups is 1. The topological polar surface area (TPSA) is 77.0 Å². The van der Waals surface area contributed by atoms with Gasteiger partial charge in [-0.25, -0.2) is 4.98 Å². The van der Waals surface area contributed by atoms with E-state index in [0.29, 0.717) is 25.1 Å². The van der Waals surface area contributed by atoms with Crippen LogP contribution in [0.5, 0.6) is 0 Å². The highest BCUT2D eigenvalue weighted by molar-refractivity contribution is 5.94. The Morgan fingerprint density at radius 2 is 2.04 bits per heavy atom. The number of carbonyl (C=O) groups excluding carboxylic acids is 1. The van der Waals surface area contributed by atoms with Crippen molar-refractivity contribution in [2.45, 2.75) is 25.1 Å². The van der Waals surface area contributed by atoms with Crippen LogP contribution in [0.4, 0.5) is 13.2 Å². The summed E-state index contributed by atoms with van der Waals surface area (Å²) in [6.45, 7) is 1.34. The first-order valence-corrected chi connectivity index (χ1v) is 8.65. The van der Waals surface area contributed by atoms with Gasteiger partial charge in [0.2, 0.25) is 0 Å². The van der Waals surface area contributed by atoms with E-state index in [0.717, 1.165) is 5.56 Å². The fourth-order valence-corrected chi connectivity index (χ4v) is 3.20. The van der Waals surface area contributed by atoms with Crippen LogP contribution in [-0.2, 0) is 12.7 Å².